The van der Waals surface area contributed by atoms with E-state index < -0.39 is 0 Å². The van der Waals surface area contributed by atoms with Crippen LogP contribution in [0.3, 0.4) is 0 Å². The Labute approximate surface area is 174 Å². The van der Waals surface area contributed by atoms with Gasteiger partial charge in [0.25, 0.3) is 0 Å². The van der Waals surface area contributed by atoms with Gasteiger partial charge in [-0.1, -0.05) is 0 Å². The second-order valence-electron chi connectivity index (χ2n) is 9.25. The predicted molar refractivity (Wildman–Crippen MR) is 111 cm³/mol. The van der Waals surface area contributed by atoms with Gasteiger partial charge in [-0.2, -0.15) is 0 Å². The molecule has 0 spiro atoms. The maximum absolute atomic E-state index is 12.5. The van der Waals surface area contributed by atoms with Crippen molar-refractivity contribution in [2.75, 3.05) is 0 Å². The Morgan fingerprint density at radius 3 is 2.41 bits per heavy atom. The van der Waals surface area contributed by atoms with Crippen LogP contribution in [0.4, 0.5) is 0 Å². The highest BCUT2D eigenvalue weighted by Crippen LogP contribution is 2.61. The molecule has 4 saturated carbocycles. The summed E-state index contributed by atoms with van der Waals surface area (Å²) in [4.78, 5) is 33.4. The number of thiazole rings is 1. The first-order valence-electron chi connectivity index (χ1n) is 10.5. The lowest BCUT2D eigenvalue weighted by atomic mass is 9.49. The number of aromatic nitrogens is 2. The van der Waals surface area contributed by atoms with E-state index >= 15 is 0 Å². The Hall–Kier alpha value is -2.28. The minimum Gasteiger partial charge on any atom is -0.273 e. The maximum Gasteiger partial charge on any atom is 0.244 e. The lowest BCUT2D eigenvalue weighted by Gasteiger charge is -2.56. The van der Waals surface area contributed by atoms with Crippen molar-refractivity contribution in [3.05, 3.63) is 35.6 Å². The van der Waals surface area contributed by atoms with Crippen LogP contribution >= 0.6 is 11.3 Å². The first-order valence-corrected chi connectivity index (χ1v) is 11.4. The molecule has 0 saturated heterocycles. The monoisotopic (exact) mass is 410 g/mol. The molecule has 4 bridgehead atoms. The lowest BCUT2D eigenvalue weighted by Crippen LogP contribution is -2.50. The molecule has 7 heteroatoms. The summed E-state index contributed by atoms with van der Waals surface area (Å²) in [7, 11) is 0. The van der Waals surface area contributed by atoms with Gasteiger partial charge in [0, 0.05) is 29.8 Å². The van der Waals surface area contributed by atoms with Crippen molar-refractivity contribution < 1.29 is 9.59 Å². The Bertz CT molecular complexity index is 875. The molecule has 0 aliphatic heterocycles. The summed E-state index contributed by atoms with van der Waals surface area (Å²) in [6.45, 7) is 0. The van der Waals surface area contributed by atoms with E-state index in [1.807, 2.05) is 17.5 Å². The molecule has 6 nitrogen and oxygen atoms in total. The molecule has 152 valence electrons. The first-order chi connectivity index (χ1) is 14.1. The van der Waals surface area contributed by atoms with Gasteiger partial charge in [-0.05, 0) is 73.8 Å². The van der Waals surface area contributed by atoms with E-state index in [9.17, 15) is 9.59 Å². The Morgan fingerprint density at radius 2 is 1.76 bits per heavy atom. The van der Waals surface area contributed by atoms with Crippen LogP contribution in [0.25, 0.3) is 10.6 Å². The van der Waals surface area contributed by atoms with Gasteiger partial charge in [0.1, 0.15) is 5.01 Å². The average Bonchev–Trinajstić information content (AvgIpc) is 3.14. The second-order valence-corrected chi connectivity index (χ2v) is 10.1. The zero-order valence-electron chi connectivity index (χ0n) is 16.4. The van der Waals surface area contributed by atoms with Gasteiger partial charge in [0.05, 0.1) is 12.1 Å². The summed E-state index contributed by atoms with van der Waals surface area (Å²) < 4.78 is 0. The standard InChI is InChI=1S/C22H26N4O2S/c27-19(7-18-13-29-21(24-18)17-2-1-3-23-12-17)25-26-20(28)11-22-8-14-4-15(9-22)6-16(5-14)10-22/h1-3,12-16H,4-11H2,(H,25,27)(H,26,28). The first kappa shape index (κ1) is 18.7. The van der Waals surface area contributed by atoms with E-state index in [0.29, 0.717) is 12.1 Å². The fourth-order valence-electron chi connectivity index (χ4n) is 6.25. The molecule has 2 aromatic heterocycles. The number of hydrazine groups is 1. The molecular weight excluding hydrogens is 384 g/mol. The van der Waals surface area contributed by atoms with Crippen molar-refractivity contribution >= 4 is 23.2 Å². The van der Waals surface area contributed by atoms with Gasteiger partial charge in [0.15, 0.2) is 0 Å². The van der Waals surface area contributed by atoms with Crippen LogP contribution in [0.15, 0.2) is 29.9 Å². The van der Waals surface area contributed by atoms with Crippen LogP contribution in [-0.2, 0) is 16.0 Å². The highest BCUT2D eigenvalue weighted by molar-refractivity contribution is 7.13. The number of hydrogen-bond acceptors (Lipinski definition) is 5. The van der Waals surface area contributed by atoms with Gasteiger partial charge in [-0.25, -0.2) is 4.98 Å². The van der Waals surface area contributed by atoms with Crippen molar-refractivity contribution in [1.29, 1.82) is 0 Å². The number of carbonyl (C=O) groups excluding carboxylic acids is 2. The smallest absolute Gasteiger partial charge is 0.244 e. The highest BCUT2D eigenvalue weighted by Gasteiger charge is 2.51. The number of carbonyl (C=O) groups is 2. The Kier molecular flexibility index (Phi) is 4.86. The number of hydrogen-bond donors (Lipinski definition) is 2. The summed E-state index contributed by atoms with van der Waals surface area (Å²) >= 11 is 1.49. The fraction of sp³-hybridized carbons (Fsp3) is 0.545. The fourth-order valence-corrected chi connectivity index (χ4v) is 7.06. The Morgan fingerprint density at radius 1 is 1.07 bits per heavy atom. The SMILES string of the molecule is O=C(Cc1csc(-c2cccnc2)n1)NNC(=O)CC12CC3CC(CC(C3)C1)C2. The average molecular weight is 411 g/mol. The molecule has 4 aliphatic carbocycles. The predicted octanol–water partition coefficient (Wildman–Crippen LogP) is 3.50. The summed E-state index contributed by atoms with van der Waals surface area (Å²) in [5, 5.41) is 2.71. The molecule has 2 aromatic rings. The largest absolute Gasteiger partial charge is 0.273 e. The van der Waals surface area contributed by atoms with Gasteiger partial charge in [-0.15, -0.1) is 11.3 Å². The van der Waals surface area contributed by atoms with E-state index in [-0.39, 0.29) is 23.7 Å². The summed E-state index contributed by atoms with van der Waals surface area (Å²) in [6.07, 6.45) is 11.8. The highest BCUT2D eigenvalue weighted by atomic mass is 32.1. The van der Waals surface area contributed by atoms with Crippen molar-refractivity contribution in [2.45, 2.75) is 51.4 Å². The van der Waals surface area contributed by atoms with Crippen LogP contribution in [0.5, 0.6) is 0 Å². The van der Waals surface area contributed by atoms with Crippen molar-refractivity contribution in [3.63, 3.8) is 0 Å². The molecule has 0 unspecified atom stereocenters. The van der Waals surface area contributed by atoms with Crippen LogP contribution in [0.2, 0.25) is 0 Å². The third kappa shape index (κ3) is 4.06. The van der Waals surface area contributed by atoms with Crippen molar-refractivity contribution in [3.8, 4) is 10.6 Å². The van der Waals surface area contributed by atoms with Crippen LogP contribution in [0.1, 0.15) is 50.6 Å². The third-order valence-corrected chi connectivity index (χ3v) is 7.78. The summed E-state index contributed by atoms with van der Waals surface area (Å²) in [6, 6.07) is 3.81. The molecule has 2 amide bonds. The molecule has 0 atom stereocenters. The molecule has 6 rings (SSSR count). The van der Waals surface area contributed by atoms with Gasteiger partial charge >= 0.3 is 0 Å². The normalized spacial score (nSPS) is 29.6. The number of nitrogens with zero attached hydrogens (tertiary/aromatic N) is 2. The second kappa shape index (κ2) is 7.52. The van der Waals surface area contributed by atoms with Crippen molar-refractivity contribution in [2.24, 2.45) is 23.2 Å². The number of pyridine rings is 1. The molecule has 0 radical (unpaired) electrons. The molecule has 29 heavy (non-hydrogen) atoms. The van der Waals surface area contributed by atoms with Gasteiger partial charge < -0.3 is 0 Å². The van der Waals surface area contributed by atoms with Crippen LogP contribution < -0.4 is 10.9 Å². The van der Waals surface area contributed by atoms with Gasteiger partial charge in [0.2, 0.25) is 11.8 Å². The number of nitrogens with one attached hydrogen (secondary N) is 2. The van der Waals surface area contributed by atoms with E-state index in [1.165, 1.54) is 49.9 Å². The minimum atomic E-state index is -0.244. The van der Waals surface area contributed by atoms with E-state index in [0.717, 1.165) is 28.3 Å². The summed E-state index contributed by atoms with van der Waals surface area (Å²) in [5.74, 6) is 2.16. The zero-order chi connectivity index (χ0) is 19.8. The molecule has 0 aromatic carbocycles. The maximum atomic E-state index is 12.5. The lowest BCUT2D eigenvalue weighted by molar-refractivity contribution is -0.134. The van der Waals surface area contributed by atoms with Crippen LogP contribution in [0, 0.1) is 23.2 Å². The van der Waals surface area contributed by atoms with E-state index in [1.54, 1.807) is 12.4 Å². The Balaban J connectivity index is 1.12. The zero-order valence-corrected chi connectivity index (χ0v) is 17.2. The minimum absolute atomic E-state index is 0.0605. The van der Waals surface area contributed by atoms with E-state index in [4.69, 9.17) is 0 Å². The molecular formula is C22H26N4O2S. The third-order valence-electron chi connectivity index (χ3n) is 6.84. The molecule has 2 heterocycles. The molecule has 2 N–H and O–H groups in total. The number of amides is 2. The number of rotatable bonds is 5. The van der Waals surface area contributed by atoms with Crippen molar-refractivity contribution in [1.82, 2.24) is 20.8 Å². The summed E-state index contributed by atoms with van der Waals surface area (Å²) in [5.41, 5.74) is 7.03. The van der Waals surface area contributed by atoms with E-state index in [2.05, 4.69) is 20.8 Å². The molecule has 4 fully saturated rings. The molecule has 4 aliphatic rings. The van der Waals surface area contributed by atoms with Crippen LogP contribution in [-0.4, -0.2) is 21.8 Å². The van der Waals surface area contributed by atoms with Gasteiger partial charge in [-0.3, -0.25) is 25.4 Å². The quantitative estimate of drug-likeness (QED) is 0.739. The topological polar surface area (TPSA) is 84.0 Å².